The molecule has 0 bridgehead atoms. The summed E-state index contributed by atoms with van der Waals surface area (Å²) in [4.78, 5) is 12.0. The van der Waals surface area contributed by atoms with E-state index >= 15 is 0 Å². The highest BCUT2D eigenvalue weighted by atomic mass is 79.9. The molecular formula is C14H16BrN3O. The summed E-state index contributed by atoms with van der Waals surface area (Å²) in [5.41, 5.74) is 1.06. The van der Waals surface area contributed by atoms with Gasteiger partial charge in [0.15, 0.2) is 0 Å². The lowest BCUT2D eigenvalue weighted by molar-refractivity contribution is -0.117. The molecule has 0 radical (unpaired) electrons. The van der Waals surface area contributed by atoms with Crippen LogP contribution < -0.4 is 10.6 Å². The first-order valence-corrected chi connectivity index (χ1v) is 7.18. The standard InChI is InChI=1S/C14H16BrN3O/c15-12-4-3-11(8-16)13(7-12)18-14(19)6-10-2-1-5-17-9-10/h3-4,7,10,17H,1-2,5-6,9H2,(H,18,19). The van der Waals surface area contributed by atoms with Gasteiger partial charge in [0, 0.05) is 10.9 Å². The minimum Gasteiger partial charge on any atom is -0.325 e. The van der Waals surface area contributed by atoms with Gasteiger partial charge in [-0.2, -0.15) is 5.26 Å². The third kappa shape index (κ3) is 4.05. The second-order valence-corrected chi connectivity index (χ2v) is 5.68. The molecule has 1 aliphatic rings. The van der Waals surface area contributed by atoms with Crippen LogP contribution >= 0.6 is 15.9 Å². The smallest absolute Gasteiger partial charge is 0.224 e. The van der Waals surface area contributed by atoms with Crippen LogP contribution in [0.15, 0.2) is 22.7 Å². The Balaban J connectivity index is 1.98. The van der Waals surface area contributed by atoms with Crippen LogP contribution in [-0.2, 0) is 4.79 Å². The van der Waals surface area contributed by atoms with Gasteiger partial charge in [0.2, 0.25) is 5.91 Å². The Morgan fingerprint density at radius 2 is 2.42 bits per heavy atom. The van der Waals surface area contributed by atoms with Crippen molar-refractivity contribution in [1.29, 1.82) is 5.26 Å². The lowest BCUT2D eigenvalue weighted by Gasteiger charge is -2.22. The van der Waals surface area contributed by atoms with Crippen LogP contribution in [0, 0.1) is 17.2 Å². The molecule has 1 atom stereocenters. The molecule has 1 amide bonds. The highest BCUT2D eigenvalue weighted by Gasteiger charge is 2.17. The highest BCUT2D eigenvalue weighted by molar-refractivity contribution is 9.10. The molecule has 0 aromatic heterocycles. The number of piperidine rings is 1. The SMILES string of the molecule is N#Cc1ccc(Br)cc1NC(=O)CC1CCCNC1. The topological polar surface area (TPSA) is 64.9 Å². The van der Waals surface area contributed by atoms with Crippen molar-refractivity contribution in [3.05, 3.63) is 28.2 Å². The minimum atomic E-state index is -0.0247. The summed E-state index contributed by atoms with van der Waals surface area (Å²) in [5, 5.41) is 15.1. The Hall–Kier alpha value is -1.38. The maximum atomic E-state index is 12.0. The van der Waals surface area contributed by atoms with E-state index in [1.807, 2.05) is 0 Å². The maximum Gasteiger partial charge on any atom is 0.224 e. The highest BCUT2D eigenvalue weighted by Crippen LogP contribution is 2.22. The third-order valence-corrected chi connectivity index (χ3v) is 3.74. The van der Waals surface area contributed by atoms with Gasteiger partial charge in [-0.1, -0.05) is 15.9 Å². The van der Waals surface area contributed by atoms with Crippen molar-refractivity contribution in [2.75, 3.05) is 18.4 Å². The lowest BCUT2D eigenvalue weighted by Crippen LogP contribution is -2.32. The van der Waals surface area contributed by atoms with Gasteiger partial charge in [-0.15, -0.1) is 0 Å². The van der Waals surface area contributed by atoms with Gasteiger partial charge in [0.1, 0.15) is 6.07 Å². The maximum absolute atomic E-state index is 12.0. The average Bonchev–Trinajstić information content (AvgIpc) is 2.40. The first-order chi connectivity index (χ1) is 9.19. The van der Waals surface area contributed by atoms with E-state index < -0.39 is 0 Å². The summed E-state index contributed by atoms with van der Waals surface area (Å²) in [6.07, 6.45) is 2.71. The van der Waals surface area contributed by atoms with E-state index in [2.05, 4.69) is 32.6 Å². The molecule has 1 saturated heterocycles. The van der Waals surface area contributed by atoms with E-state index in [-0.39, 0.29) is 5.91 Å². The molecule has 1 unspecified atom stereocenters. The monoisotopic (exact) mass is 321 g/mol. The predicted octanol–water partition coefficient (Wildman–Crippen LogP) is 2.65. The normalized spacial score (nSPS) is 18.6. The Bertz CT molecular complexity index is 504. The first-order valence-electron chi connectivity index (χ1n) is 6.39. The first kappa shape index (κ1) is 14.0. The number of nitrogens with one attached hydrogen (secondary N) is 2. The van der Waals surface area contributed by atoms with Crippen molar-refractivity contribution < 1.29 is 4.79 Å². The number of nitrogens with zero attached hydrogens (tertiary/aromatic N) is 1. The van der Waals surface area contributed by atoms with Gasteiger partial charge in [0.25, 0.3) is 0 Å². The Morgan fingerprint density at radius 1 is 1.58 bits per heavy atom. The van der Waals surface area contributed by atoms with Crippen LogP contribution in [0.3, 0.4) is 0 Å². The number of benzene rings is 1. The summed E-state index contributed by atoms with van der Waals surface area (Å²) in [7, 11) is 0. The zero-order valence-electron chi connectivity index (χ0n) is 10.6. The van der Waals surface area contributed by atoms with Crippen molar-refractivity contribution in [2.24, 2.45) is 5.92 Å². The summed E-state index contributed by atoms with van der Waals surface area (Å²) in [6.45, 7) is 1.94. The molecule has 19 heavy (non-hydrogen) atoms. The van der Waals surface area contributed by atoms with Crippen LogP contribution in [0.4, 0.5) is 5.69 Å². The minimum absolute atomic E-state index is 0.0247. The van der Waals surface area contributed by atoms with E-state index in [1.165, 1.54) is 0 Å². The number of amides is 1. The van der Waals surface area contributed by atoms with E-state index in [0.717, 1.165) is 30.4 Å². The van der Waals surface area contributed by atoms with Gasteiger partial charge in [-0.3, -0.25) is 4.79 Å². The van der Waals surface area contributed by atoms with Crippen molar-refractivity contribution in [2.45, 2.75) is 19.3 Å². The lowest BCUT2D eigenvalue weighted by atomic mass is 9.96. The summed E-state index contributed by atoms with van der Waals surface area (Å²) in [5.74, 6) is 0.370. The molecule has 1 aromatic rings. The van der Waals surface area contributed by atoms with Gasteiger partial charge in [-0.25, -0.2) is 0 Å². The van der Waals surface area contributed by atoms with Crippen LogP contribution in [0.5, 0.6) is 0 Å². The zero-order chi connectivity index (χ0) is 13.7. The molecule has 0 saturated carbocycles. The van der Waals surface area contributed by atoms with Gasteiger partial charge < -0.3 is 10.6 Å². The third-order valence-electron chi connectivity index (χ3n) is 3.25. The molecule has 0 aliphatic carbocycles. The number of hydrogen-bond donors (Lipinski definition) is 2. The molecule has 1 aromatic carbocycles. The number of rotatable bonds is 3. The molecule has 100 valence electrons. The molecule has 1 aliphatic heterocycles. The Labute approximate surface area is 121 Å². The molecule has 4 nitrogen and oxygen atoms in total. The number of carbonyl (C=O) groups is 1. The molecule has 2 N–H and O–H groups in total. The molecule has 1 heterocycles. The van der Waals surface area contributed by atoms with Crippen molar-refractivity contribution in [3.8, 4) is 6.07 Å². The van der Waals surface area contributed by atoms with Crippen LogP contribution in [0.25, 0.3) is 0 Å². The zero-order valence-corrected chi connectivity index (χ0v) is 12.2. The van der Waals surface area contributed by atoms with Crippen molar-refractivity contribution in [1.82, 2.24) is 5.32 Å². The van der Waals surface area contributed by atoms with Crippen molar-refractivity contribution in [3.63, 3.8) is 0 Å². The number of anilines is 1. The van der Waals surface area contributed by atoms with Crippen molar-refractivity contribution >= 4 is 27.5 Å². The largest absolute Gasteiger partial charge is 0.325 e. The second-order valence-electron chi connectivity index (χ2n) is 4.77. The average molecular weight is 322 g/mol. The number of carbonyl (C=O) groups excluding carboxylic acids is 1. The summed E-state index contributed by atoms with van der Waals surface area (Å²) >= 11 is 3.34. The fraction of sp³-hybridized carbons (Fsp3) is 0.429. The van der Waals surface area contributed by atoms with E-state index in [9.17, 15) is 4.79 Å². The molecule has 2 rings (SSSR count). The Morgan fingerprint density at radius 3 is 3.11 bits per heavy atom. The fourth-order valence-corrected chi connectivity index (χ4v) is 2.64. The molecule has 5 heteroatoms. The van der Waals surface area contributed by atoms with E-state index in [4.69, 9.17) is 5.26 Å². The van der Waals surface area contributed by atoms with E-state index in [1.54, 1.807) is 18.2 Å². The molecule has 0 spiro atoms. The molecular weight excluding hydrogens is 306 g/mol. The quantitative estimate of drug-likeness (QED) is 0.899. The van der Waals surface area contributed by atoms with Gasteiger partial charge in [0.05, 0.1) is 11.3 Å². The fourth-order valence-electron chi connectivity index (χ4n) is 2.28. The molecule has 1 fully saturated rings. The van der Waals surface area contributed by atoms with Gasteiger partial charge >= 0.3 is 0 Å². The number of nitriles is 1. The Kier molecular flexibility index (Phi) is 4.94. The van der Waals surface area contributed by atoms with Crippen LogP contribution in [0.2, 0.25) is 0 Å². The predicted molar refractivity (Wildman–Crippen MR) is 77.7 cm³/mol. The van der Waals surface area contributed by atoms with Crippen LogP contribution in [-0.4, -0.2) is 19.0 Å². The van der Waals surface area contributed by atoms with Gasteiger partial charge in [-0.05, 0) is 50.0 Å². The summed E-state index contributed by atoms with van der Waals surface area (Å²) < 4.78 is 0.848. The number of halogens is 1. The second kappa shape index (κ2) is 6.69. The van der Waals surface area contributed by atoms with E-state index in [0.29, 0.717) is 23.6 Å². The number of hydrogen-bond acceptors (Lipinski definition) is 3. The summed E-state index contributed by atoms with van der Waals surface area (Å²) in [6, 6.07) is 7.33. The van der Waals surface area contributed by atoms with Crippen LogP contribution in [0.1, 0.15) is 24.8 Å².